The number of rotatable bonds is 5. The zero-order chi connectivity index (χ0) is 29.7. The van der Waals surface area contributed by atoms with Gasteiger partial charge in [0.15, 0.2) is 0 Å². The number of benzene rings is 2. The van der Waals surface area contributed by atoms with E-state index in [4.69, 9.17) is 5.10 Å². The Labute approximate surface area is 250 Å². The lowest BCUT2D eigenvalue weighted by atomic mass is 10.0. The fraction of sp³-hybridized carbons (Fsp3) is 0.310. The van der Waals surface area contributed by atoms with Crippen LogP contribution >= 0.6 is 31.0 Å². The molecule has 4 aromatic rings. The highest BCUT2D eigenvalue weighted by atomic mass is 127. The summed E-state index contributed by atoms with van der Waals surface area (Å²) in [4.78, 5) is 38.7. The number of hydrogen-bond acceptors (Lipinski definition) is 6. The Balaban J connectivity index is 0.00000106. The number of anilines is 3. The summed E-state index contributed by atoms with van der Waals surface area (Å²) in [6.07, 6.45) is 1.65. The van der Waals surface area contributed by atoms with E-state index in [1.165, 1.54) is 22.2 Å². The van der Waals surface area contributed by atoms with Crippen molar-refractivity contribution in [3.63, 3.8) is 0 Å². The van der Waals surface area contributed by atoms with Gasteiger partial charge in [0.1, 0.15) is 11.5 Å². The van der Waals surface area contributed by atoms with Gasteiger partial charge in [0.25, 0.3) is 11.1 Å². The Morgan fingerprint density at radius 3 is 2.35 bits per heavy atom. The fourth-order valence-corrected chi connectivity index (χ4v) is 4.46. The number of nitrogens with one attached hydrogen (secondary N) is 2. The number of fused-ring (bicyclic) bond motifs is 1. The molecule has 11 heteroatoms. The molecule has 0 radical (unpaired) electrons. The van der Waals surface area contributed by atoms with Crippen LogP contribution in [0.3, 0.4) is 0 Å². The van der Waals surface area contributed by atoms with Crippen LogP contribution in [-0.2, 0) is 11.8 Å². The molecule has 40 heavy (non-hydrogen) atoms. The van der Waals surface area contributed by atoms with Gasteiger partial charge >= 0.3 is 0 Å². The van der Waals surface area contributed by atoms with Crippen molar-refractivity contribution >= 4 is 64.9 Å². The van der Waals surface area contributed by atoms with Crippen molar-refractivity contribution in [2.75, 3.05) is 10.6 Å². The van der Waals surface area contributed by atoms with Gasteiger partial charge in [0.2, 0.25) is 5.91 Å². The highest BCUT2D eigenvalue weighted by Crippen LogP contribution is 2.37. The molecule has 8 nitrogen and oxygen atoms in total. The second-order valence-electron chi connectivity index (χ2n) is 9.29. The van der Waals surface area contributed by atoms with Gasteiger partial charge < -0.3 is 15.2 Å². The topological polar surface area (TPSA) is 98.0 Å². The average Bonchev–Trinajstić information content (AvgIpc) is 3.78. The Morgan fingerprint density at radius 1 is 1.07 bits per heavy atom. The maximum Gasteiger partial charge on any atom is 0.278 e. The molecule has 0 spiro atoms. The van der Waals surface area contributed by atoms with E-state index in [0.29, 0.717) is 28.0 Å². The lowest BCUT2D eigenvalue weighted by molar-refractivity contribution is -0.114. The summed E-state index contributed by atoms with van der Waals surface area (Å²) in [6.45, 7) is 8.82. The molecule has 2 heterocycles. The number of nitrogens with zero attached hydrogens (tertiary/aromatic N) is 3. The van der Waals surface area contributed by atoms with Crippen LogP contribution in [0.1, 0.15) is 50.8 Å². The Kier molecular flexibility index (Phi) is 10.5. The maximum absolute atomic E-state index is 14.8. The molecule has 1 aliphatic rings. The van der Waals surface area contributed by atoms with Crippen molar-refractivity contribution in [2.45, 2.75) is 53.5 Å². The zero-order valence-corrected chi connectivity index (χ0v) is 26.4. The molecule has 2 N–H and O–H groups in total. The molecule has 0 aliphatic heterocycles. The Morgan fingerprint density at radius 2 is 1.75 bits per heavy atom. The van der Waals surface area contributed by atoms with Crippen LogP contribution in [0.2, 0.25) is 0 Å². The number of carbonyl (C=O) groups is 1. The van der Waals surface area contributed by atoms with Gasteiger partial charge in [-0.15, -0.1) is 9.80 Å². The number of pyridine rings is 1. The van der Waals surface area contributed by atoms with Gasteiger partial charge in [-0.1, -0.05) is 32.0 Å². The lowest BCUT2D eigenvalue weighted by Gasteiger charge is -2.19. The van der Waals surface area contributed by atoms with E-state index in [0.717, 1.165) is 18.4 Å². The molecule has 2 aromatic carbocycles. The third-order valence-electron chi connectivity index (χ3n) is 6.41. The van der Waals surface area contributed by atoms with Crippen molar-refractivity contribution in [1.82, 2.24) is 14.3 Å². The van der Waals surface area contributed by atoms with Gasteiger partial charge in [0, 0.05) is 30.8 Å². The molecule has 1 saturated carbocycles. The minimum atomic E-state index is -0.483. The number of aromatic nitrogens is 3. The van der Waals surface area contributed by atoms with E-state index in [2.05, 4.69) is 20.4 Å². The van der Waals surface area contributed by atoms with Crippen molar-refractivity contribution in [1.29, 1.82) is 0 Å². The third kappa shape index (κ3) is 6.41. The van der Waals surface area contributed by atoms with E-state index >= 15 is 0 Å². The first kappa shape index (κ1) is 31.3. The van der Waals surface area contributed by atoms with Crippen LogP contribution in [-0.4, -0.2) is 20.3 Å². The predicted octanol–water partition coefficient (Wildman–Crippen LogP) is 6.85. The van der Waals surface area contributed by atoms with E-state index in [-0.39, 0.29) is 39.8 Å². The van der Waals surface area contributed by atoms with Gasteiger partial charge in [-0.3, -0.25) is 14.4 Å². The van der Waals surface area contributed by atoms with Crippen LogP contribution in [0.25, 0.3) is 22.2 Å². The standard InChI is InChI=1S/C27H26FN5O3.C2H6.HIS/c1-14-8-11-21(20(28)12-14)30-23-15(2)26(35)32(4)25-22(23)27(36)33(19-9-10-19)31-24(25)17-6-5-7-18(13-17)29-16(3)34;2*1-2/h5-8,11-13,19,30H,9-10H2,1-4H3,(H,29,34);1-2H3;2H. The normalized spacial score (nSPS) is 12.1. The number of aryl methyl sites for hydroxylation is 2. The molecular formula is C29H33FIN5O3S. The Hall–Kier alpha value is -3.19. The second kappa shape index (κ2) is 13.4. The number of amides is 1. The van der Waals surface area contributed by atoms with E-state index in [9.17, 15) is 18.8 Å². The van der Waals surface area contributed by atoms with E-state index in [1.807, 2.05) is 41.1 Å². The summed E-state index contributed by atoms with van der Waals surface area (Å²) in [5.74, 6) is -0.703. The molecule has 5 rings (SSSR count). The first-order chi connectivity index (χ1) is 19.2. The summed E-state index contributed by atoms with van der Waals surface area (Å²) in [5.41, 5.74) is 2.77. The average molecular weight is 678 g/mol. The SMILES string of the molecule is CC.CC(=O)Nc1cccc(-c2nn(C3CC3)c(=O)c3c(Nc4ccc(C)cc4F)c(C)c(=O)n(C)c23)c1.SI. The highest BCUT2D eigenvalue weighted by Gasteiger charge is 2.30. The number of carbonyl (C=O) groups excluding carboxylic acids is 1. The van der Waals surface area contributed by atoms with Crippen LogP contribution in [0.4, 0.5) is 21.5 Å². The molecule has 0 atom stereocenters. The molecule has 1 amide bonds. The van der Waals surface area contributed by atoms with Gasteiger partial charge in [-0.2, -0.15) is 5.10 Å². The molecule has 212 valence electrons. The van der Waals surface area contributed by atoms with Gasteiger partial charge in [0.05, 0.1) is 28.3 Å². The van der Waals surface area contributed by atoms with Crippen LogP contribution in [0.15, 0.2) is 52.1 Å². The summed E-state index contributed by atoms with van der Waals surface area (Å²) in [5, 5.41) is 10.7. The van der Waals surface area contributed by atoms with Gasteiger partial charge in [-0.05, 0) is 77.7 Å². The largest absolute Gasteiger partial charge is 0.352 e. The lowest BCUT2D eigenvalue weighted by Crippen LogP contribution is -2.29. The molecule has 0 unspecified atom stereocenters. The number of thiol groups is 1. The van der Waals surface area contributed by atoms with Crippen LogP contribution < -0.4 is 21.8 Å². The smallest absolute Gasteiger partial charge is 0.278 e. The van der Waals surface area contributed by atoms with Crippen molar-refractivity contribution in [3.05, 3.63) is 80.1 Å². The van der Waals surface area contributed by atoms with Gasteiger partial charge in [-0.25, -0.2) is 9.07 Å². The molecule has 2 aromatic heterocycles. The minimum absolute atomic E-state index is 0.0410. The quantitative estimate of drug-likeness (QED) is 0.159. The highest BCUT2D eigenvalue weighted by molar-refractivity contribution is 14.2. The zero-order valence-electron chi connectivity index (χ0n) is 23.3. The Bertz CT molecular complexity index is 1680. The molecule has 1 fully saturated rings. The van der Waals surface area contributed by atoms with Crippen molar-refractivity contribution < 1.29 is 9.18 Å². The van der Waals surface area contributed by atoms with Crippen molar-refractivity contribution in [3.8, 4) is 11.3 Å². The predicted molar refractivity (Wildman–Crippen MR) is 173 cm³/mol. The van der Waals surface area contributed by atoms with Crippen LogP contribution in [0.5, 0.6) is 0 Å². The summed E-state index contributed by atoms with van der Waals surface area (Å²) in [7, 11) is 5.09. The minimum Gasteiger partial charge on any atom is -0.352 e. The second-order valence-corrected chi connectivity index (χ2v) is 9.29. The molecule has 1 aliphatic carbocycles. The third-order valence-corrected chi connectivity index (χ3v) is 6.41. The number of hydrogen-bond donors (Lipinski definition) is 3. The first-order valence-corrected chi connectivity index (χ1v) is 16.1. The molecule has 0 saturated heterocycles. The summed E-state index contributed by atoms with van der Waals surface area (Å²) >= 11 is 1.84. The summed E-state index contributed by atoms with van der Waals surface area (Å²) in [6, 6.07) is 11.8. The number of halogens is 2. The molecule has 0 bridgehead atoms. The van der Waals surface area contributed by atoms with Crippen molar-refractivity contribution in [2.24, 2.45) is 7.05 Å². The molecular weight excluding hydrogens is 644 g/mol. The van der Waals surface area contributed by atoms with Crippen LogP contribution in [0, 0.1) is 19.7 Å². The van der Waals surface area contributed by atoms with E-state index < -0.39 is 5.82 Å². The maximum atomic E-state index is 14.8. The first-order valence-electron chi connectivity index (χ1n) is 12.9. The fourth-order valence-electron chi connectivity index (χ4n) is 4.46. The summed E-state index contributed by atoms with van der Waals surface area (Å²) < 4.78 is 17.7. The van der Waals surface area contributed by atoms with E-state index in [1.54, 1.807) is 51.2 Å². The monoisotopic (exact) mass is 677 g/mol.